The third-order valence-corrected chi connectivity index (χ3v) is 3.29. The van der Waals surface area contributed by atoms with Crippen LogP contribution in [-0.2, 0) is 0 Å². The predicted octanol–water partition coefficient (Wildman–Crippen LogP) is 2.32. The average Bonchev–Trinajstić information content (AvgIpc) is 2.37. The summed E-state index contributed by atoms with van der Waals surface area (Å²) in [5, 5.41) is 3.61. The van der Waals surface area contributed by atoms with Crippen LogP contribution in [0.5, 0.6) is 0 Å². The van der Waals surface area contributed by atoms with Crippen molar-refractivity contribution in [3.8, 4) is 0 Å². The lowest BCUT2D eigenvalue weighted by Crippen LogP contribution is -1.96. The normalized spacial score (nSPS) is 11.1. The van der Waals surface area contributed by atoms with E-state index in [0.717, 1.165) is 21.5 Å². The largest absolute Gasteiger partial charge is 0.398 e. The summed E-state index contributed by atoms with van der Waals surface area (Å²) in [6, 6.07) is 11.1. The van der Waals surface area contributed by atoms with Gasteiger partial charge in [0, 0.05) is 44.3 Å². The Balaban J connectivity index is 2.59. The van der Waals surface area contributed by atoms with Gasteiger partial charge in [0.2, 0.25) is 0 Å². The number of fused-ring (bicyclic) bond motifs is 2. The van der Waals surface area contributed by atoms with Crippen LogP contribution in [0.4, 0.5) is 22.7 Å². The Labute approximate surface area is 104 Å². The minimum Gasteiger partial charge on any atom is -0.398 e. The fourth-order valence-electron chi connectivity index (χ4n) is 2.27. The molecule has 0 saturated heterocycles. The molecule has 0 aliphatic carbocycles. The number of anilines is 4. The molecule has 3 aromatic carbocycles. The SMILES string of the molecule is Nc1ccc(N)c2cc3c(N)ccc(N)c3cc12. The molecule has 0 fully saturated rings. The predicted molar refractivity (Wildman–Crippen MR) is 79.1 cm³/mol. The molecule has 4 heteroatoms. The Morgan fingerprint density at radius 3 is 0.889 bits per heavy atom. The molecule has 0 aliphatic heterocycles. The highest BCUT2D eigenvalue weighted by Gasteiger charge is 2.08. The lowest BCUT2D eigenvalue weighted by Gasteiger charge is -2.10. The Kier molecular flexibility index (Phi) is 2.01. The smallest absolute Gasteiger partial charge is 0.0395 e. The van der Waals surface area contributed by atoms with Gasteiger partial charge in [-0.2, -0.15) is 0 Å². The van der Waals surface area contributed by atoms with Crippen molar-refractivity contribution in [3.63, 3.8) is 0 Å². The molecule has 0 bridgehead atoms. The third-order valence-electron chi connectivity index (χ3n) is 3.29. The van der Waals surface area contributed by atoms with Gasteiger partial charge in [-0.15, -0.1) is 0 Å². The Bertz CT molecular complexity index is 649. The molecular weight excluding hydrogens is 224 g/mol. The second kappa shape index (κ2) is 3.43. The molecule has 3 rings (SSSR count). The molecule has 90 valence electrons. The zero-order valence-electron chi connectivity index (χ0n) is 9.77. The molecule has 0 radical (unpaired) electrons. The molecule has 0 unspecified atom stereocenters. The van der Waals surface area contributed by atoms with Crippen molar-refractivity contribution in [2.45, 2.75) is 0 Å². The number of nitrogens with two attached hydrogens (primary N) is 4. The van der Waals surface area contributed by atoms with Gasteiger partial charge in [0.15, 0.2) is 0 Å². The molecule has 0 aliphatic rings. The highest BCUT2D eigenvalue weighted by Crippen LogP contribution is 2.35. The fourth-order valence-corrected chi connectivity index (χ4v) is 2.27. The van der Waals surface area contributed by atoms with Crippen molar-refractivity contribution >= 4 is 44.3 Å². The number of benzene rings is 3. The Hall–Kier alpha value is -2.62. The standard InChI is InChI=1S/C14H14N4/c15-11-1-2-12(16)8-6-10-9(5-7(8)11)13(17)3-4-14(10)18/h1-6H,15-18H2. The maximum atomic E-state index is 5.98. The minimum atomic E-state index is 0.683. The summed E-state index contributed by atoms with van der Waals surface area (Å²) in [5.74, 6) is 0. The second-order valence-electron chi connectivity index (χ2n) is 4.43. The summed E-state index contributed by atoms with van der Waals surface area (Å²) in [7, 11) is 0. The van der Waals surface area contributed by atoms with Gasteiger partial charge in [-0.05, 0) is 36.4 Å². The average molecular weight is 238 g/mol. The zero-order chi connectivity index (χ0) is 12.9. The van der Waals surface area contributed by atoms with Crippen molar-refractivity contribution in [1.29, 1.82) is 0 Å². The number of nitrogen functional groups attached to an aromatic ring is 4. The summed E-state index contributed by atoms with van der Waals surface area (Å²) in [4.78, 5) is 0. The van der Waals surface area contributed by atoms with Gasteiger partial charge in [0.25, 0.3) is 0 Å². The first-order valence-electron chi connectivity index (χ1n) is 5.63. The third kappa shape index (κ3) is 1.32. The van der Waals surface area contributed by atoms with E-state index in [1.165, 1.54) is 0 Å². The van der Waals surface area contributed by atoms with E-state index in [1.807, 2.05) is 12.1 Å². The van der Waals surface area contributed by atoms with Gasteiger partial charge in [0.1, 0.15) is 0 Å². The minimum absolute atomic E-state index is 0.683. The maximum Gasteiger partial charge on any atom is 0.0395 e. The summed E-state index contributed by atoms with van der Waals surface area (Å²) in [6.07, 6.45) is 0. The van der Waals surface area contributed by atoms with Gasteiger partial charge >= 0.3 is 0 Å². The summed E-state index contributed by atoms with van der Waals surface area (Å²) in [5.41, 5.74) is 26.6. The molecule has 0 atom stereocenters. The van der Waals surface area contributed by atoms with Gasteiger partial charge in [0.05, 0.1) is 0 Å². The van der Waals surface area contributed by atoms with E-state index in [-0.39, 0.29) is 0 Å². The van der Waals surface area contributed by atoms with E-state index < -0.39 is 0 Å². The Morgan fingerprint density at radius 1 is 0.444 bits per heavy atom. The van der Waals surface area contributed by atoms with Crippen LogP contribution in [0, 0.1) is 0 Å². The van der Waals surface area contributed by atoms with Crippen molar-refractivity contribution in [2.75, 3.05) is 22.9 Å². The highest BCUT2D eigenvalue weighted by atomic mass is 14.6. The monoisotopic (exact) mass is 238 g/mol. The van der Waals surface area contributed by atoms with Crippen LogP contribution in [-0.4, -0.2) is 0 Å². The van der Waals surface area contributed by atoms with E-state index in [4.69, 9.17) is 22.9 Å². The molecule has 0 saturated carbocycles. The van der Waals surface area contributed by atoms with E-state index in [2.05, 4.69) is 0 Å². The van der Waals surface area contributed by atoms with Crippen molar-refractivity contribution in [2.24, 2.45) is 0 Å². The molecule has 0 heterocycles. The van der Waals surface area contributed by atoms with E-state index >= 15 is 0 Å². The van der Waals surface area contributed by atoms with Crippen LogP contribution >= 0.6 is 0 Å². The molecule has 18 heavy (non-hydrogen) atoms. The molecule has 4 nitrogen and oxygen atoms in total. The summed E-state index contributed by atoms with van der Waals surface area (Å²) < 4.78 is 0. The first kappa shape index (κ1) is 10.5. The first-order chi connectivity index (χ1) is 8.58. The highest BCUT2D eigenvalue weighted by molar-refractivity contribution is 6.13. The van der Waals surface area contributed by atoms with Crippen LogP contribution in [0.1, 0.15) is 0 Å². The van der Waals surface area contributed by atoms with Crippen LogP contribution in [0.2, 0.25) is 0 Å². The zero-order valence-corrected chi connectivity index (χ0v) is 9.77. The first-order valence-corrected chi connectivity index (χ1v) is 5.63. The van der Waals surface area contributed by atoms with Crippen LogP contribution < -0.4 is 22.9 Å². The van der Waals surface area contributed by atoms with Crippen LogP contribution in [0.15, 0.2) is 36.4 Å². The Morgan fingerprint density at radius 2 is 0.667 bits per heavy atom. The summed E-state index contributed by atoms with van der Waals surface area (Å²) >= 11 is 0. The fraction of sp³-hybridized carbons (Fsp3) is 0. The van der Waals surface area contributed by atoms with Gasteiger partial charge in [-0.1, -0.05) is 0 Å². The quantitative estimate of drug-likeness (QED) is 0.356. The van der Waals surface area contributed by atoms with Gasteiger partial charge in [-0.3, -0.25) is 0 Å². The van der Waals surface area contributed by atoms with E-state index in [9.17, 15) is 0 Å². The number of hydrogen-bond acceptors (Lipinski definition) is 4. The summed E-state index contributed by atoms with van der Waals surface area (Å²) in [6.45, 7) is 0. The molecule has 0 spiro atoms. The molecule has 3 aromatic rings. The molecule has 0 amide bonds. The van der Waals surface area contributed by atoms with Crippen LogP contribution in [0.3, 0.4) is 0 Å². The molecule has 0 aromatic heterocycles. The van der Waals surface area contributed by atoms with Crippen LogP contribution in [0.25, 0.3) is 21.5 Å². The lowest BCUT2D eigenvalue weighted by molar-refractivity contribution is 1.71. The number of hydrogen-bond donors (Lipinski definition) is 4. The van der Waals surface area contributed by atoms with Crippen molar-refractivity contribution < 1.29 is 0 Å². The van der Waals surface area contributed by atoms with E-state index in [1.54, 1.807) is 24.3 Å². The molecule has 8 N–H and O–H groups in total. The van der Waals surface area contributed by atoms with Gasteiger partial charge in [-0.25, -0.2) is 0 Å². The van der Waals surface area contributed by atoms with E-state index in [0.29, 0.717) is 22.7 Å². The second-order valence-corrected chi connectivity index (χ2v) is 4.43. The van der Waals surface area contributed by atoms with Gasteiger partial charge < -0.3 is 22.9 Å². The number of rotatable bonds is 0. The topological polar surface area (TPSA) is 104 Å². The van der Waals surface area contributed by atoms with Crippen molar-refractivity contribution in [1.82, 2.24) is 0 Å². The lowest BCUT2D eigenvalue weighted by atomic mass is 9.99. The maximum absolute atomic E-state index is 5.98. The molecular formula is C14H14N4. The van der Waals surface area contributed by atoms with Crippen molar-refractivity contribution in [3.05, 3.63) is 36.4 Å².